The molecule has 1 aromatic heterocycles. The number of terminal acetylenes is 1. The maximum absolute atomic E-state index is 11.9. The normalized spacial score (nSPS) is 11.9. The first-order chi connectivity index (χ1) is 8.60. The first kappa shape index (κ1) is 14.8. The summed E-state index contributed by atoms with van der Waals surface area (Å²) in [6.07, 6.45) is 10.2. The van der Waals surface area contributed by atoms with Crippen molar-refractivity contribution in [1.82, 2.24) is 9.78 Å². The molecule has 0 aliphatic carbocycles. The first-order valence-corrected chi connectivity index (χ1v) is 6.85. The third kappa shape index (κ3) is 3.88. The summed E-state index contributed by atoms with van der Waals surface area (Å²) in [5, 5.41) is 7.31. The number of halogens is 1. The van der Waals surface area contributed by atoms with Gasteiger partial charge in [-0.15, -0.1) is 6.42 Å². The molecule has 5 heteroatoms. The standard InChI is InChI=1S/C13H18BrN3O/c1-4-6-7-10(3)16-11-9-15-17(8-5-2)13(18)12(11)14/h2,9-10,16H,4,6-8H2,1,3H3. The second kappa shape index (κ2) is 7.22. The SMILES string of the molecule is C#CCn1ncc(NC(C)CCCC)c(Br)c1=O. The van der Waals surface area contributed by atoms with Crippen LogP contribution in [-0.2, 0) is 6.54 Å². The molecule has 0 fully saturated rings. The summed E-state index contributed by atoms with van der Waals surface area (Å²) >= 11 is 3.29. The van der Waals surface area contributed by atoms with Crippen LogP contribution in [0.25, 0.3) is 0 Å². The minimum atomic E-state index is -0.208. The third-order valence-electron chi connectivity index (χ3n) is 2.62. The number of nitrogens with one attached hydrogen (secondary N) is 1. The van der Waals surface area contributed by atoms with Gasteiger partial charge < -0.3 is 5.32 Å². The van der Waals surface area contributed by atoms with E-state index >= 15 is 0 Å². The van der Waals surface area contributed by atoms with E-state index in [0.29, 0.717) is 10.5 Å². The highest BCUT2D eigenvalue weighted by Crippen LogP contribution is 2.18. The van der Waals surface area contributed by atoms with E-state index in [2.05, 4.69) is 46.1 Å². The number of nitrogens with zero attached hydrogens (tertiary/aromatic N) is 2. The van der Waals surface area contributed by atoms with E-state index in [1.165, 1.54) is 4.68 Å². The van der Waals surface area contributed by atoms with Crippen LogP contribution in [0.4, 0.5) is 5.69 Å². The minimum absolute atomic E-state index is 0.184. The second-order valence-corrected chi connectivity index (χ2v) is 5.02. The zero-order valence-electron chi connectivity index (χ0n) is 10.7. The van der Waals surface area contributed by atoms with Crippen molar-refractivity contribution in [3.63, 3.8) is 0 Å². The molecule has 1 N–H and O–H groups in total. The lowest BCUT2D eigenvalue weighted by Gasteiger charge is -2.15. The van der Waals surface area contributed by atoms with Crippen LogP contribution >= 0.6 is 15.9 Å². The van der Waals surface area contributed by atoms with Crippen LogP contribution in [0.15, 0.2) is 15.5 Å². The van der Waals surface area contributed by atoms with Crippen molar-refractivity contribution in [2.24, 2.45) is 0 Å². The molecule has 18 heavy (non-hydrogen) atoms. The van der Waals surface area contributed by atoms with Gasteiger partial charge in [-0.05, 0) is 29.3 Å². The fraction of sp³-hybridized carbons (Fsp3) is 0.538. The lowest BCUT2D eigenvalue weighted by atomic mass is 10.1. The average molecular weight is 312 g/mol. The molecule has 1 rings (SSSR count). The van der Waals surface area contributed by atoms with Crippen molar-refractivity contribution in [3.8, 4) is 12.3 Å². The lowest BCUT2D eigenvalue weighted by molar-refractivity contribution is 0.635. The van der Waals surface area contributed by atoms with Crippen molar-refractivity contribution in [2.45, 2.75) is 45.7 Å². The van der Waals surface area contributed by atoms with Crippen LogP contribution in [0.1, 0.15) is 33.1 Å². The molecule has 1 aromatic rings. The van der Waals surface area contributed by atoms with E-state index in [1.807, 2.05) is 0 Å². The van der Waals surface area contributed by atoms with Gasteiger partial charge in [-0.2, -0.15) is 5.10 Å². The van der Waals surface area contributed by atoms with E-state index in [9.17, 15) is 4.79 Å². The number of unbranched alkanes of at least 4 members (excludes halogenated alkanes) is 1. The first-order valence-electron chi connectivity index (χ1n) is 6.05. The molecule has 1 heterocycles. The van der Waals surface area contributed by atoms with Gasteiger partial charge in [0.2, 0.25) is 0 Å². The van der Waals surface area contributed by atoms with E-state index < -0.39 is 0 Å². The Morgan fingerprint density at radius 2 is 2.39 bits per heavy atom. The largest absolute Gasteiger partial charge is 0.380 e. The Labute approximate surface area is 116 Å². The fourth-order valence-electron chi connectivity index (χ4n) is 1.61. The molecule has 0 radical (unpaired) electrons. The summed E-state index contributed by atoms with van der Waals surface area (Å²) in [5.74, 6) is 2.40. The van der Waals surface area contributed by atoms with Gasteiger partial charge in [0.25, 0.3) is 5.56 Å². The predicted octanol–water partition coefficient (Wildman–Crippen LogP) is 2.63. The number of rotatable bonds is 6. The zero-order valence-corrected chi connectivity index (χ0v) is 12.3. The van der Waals surface area contributed by atoms with Gasteiger partial charge in [-0.1, -0.05) is 25.7 Å². The number of aromatic nitrogens is 2. The highest BCUT2D eigenvalue weighted by molar-refractivity contribution is 9.10. The summed E-state index contributed by atoms with van der Waals surface area (Å²) in [6.45, 7) is 4.43. The van der Waals surface area contributed by atoms with E-state index in [4.69, 9.17) is 6.42 Å². The van der Waals surface area contributed by atoms with E-state index in [-0.39, 0.29) is 12.1 Å². The van der Waals surface area contributed by atoms with E-state index in [0.717, 1.165) is 24.9 Å². The molecular weight excluding hydrogens is 294 g/mol. The van der Waals surface area contributed by atoms with E-state index in [1.54, 1.807) is 6.20 Å². The van der Waals surface area contributed by atoms with Gasteiger partial charge in [-0.25, -0.2) is 4.68 Å². The van der Waals surface area contributed by atoms with Crippen molar-refractivity contribution in [2.75, 3.05) is 5.32 Å². The van der Waals surface area contributed by atoms with Crippen LogP contribution < -0.4 is 10.9 Å². The summed E-state index contributed by atoms with van der Waals surface area (Å²) in [7, 11) is 0. The molecule has 0 bridgehead atoms. The summed E-state index contributed by atoms with van der Waals surface area (Å²) in [6, 6.07) is 0.311. The highest BCUT2D eigenvalue weighted by atomic mass is 79.9. The smallest absolute Gasteiger partial charge is 0.284 e. The average Bonchev–Trinajstić information content (AvgIpc) is 2.36. The topological polar surface area (TPSA) is 46.9 Å². The van der Waals surface area contributed by atoms with Crippen molar-refractivity contribution >= 4 is 21.6 Å². The molecule has 1 unspecified atom stereocenters. The molecule has 0 saturated carbocycles. The van der Waals surface area contributed by atoms with Crippen LogP contribution in [0.2, 0.25) is 0 Å². The molecule has 0 aliphatic rings. The summed E-state index contributed by atoms with van der Waals surface area (Å²) < 4.78 is 1.74. The van der Waals surface area contributed by atoms with Crippen molar-refractivity contribution < 1.29 is 0 Å². The zero-order chi connectivity index (χ0) is 13.5. The molecule has 0 amide bonds. The van der Waals surface area contributed by atoms with Crippen molar-refractivity contribution in [1.29, 1.82) is 0 Å². The quantitative estimate of drug-likeness (QED) is 0.822. The number of hydrogen-bond donors (Lipinski definition) is 1. The minimum Gasteiger partial charge on any atom is -0.380 e. The Morgan fingerprint density at radius 3 is 3.00 bits per heavy atom. The van der Waals surface area contributed by atoms with Crippen LogP contribution in [0.3, 0.4) is 0 Å². The Bertz CT molecular complexity index is 490. The molecule has 0 aromatic carbocycles. The van der Waals surface area contributed by atoms with Gasteiger partial charge in [0.05, 0.1) is 11.9 Å². The van der Waals surface area contributed by atoms with Gasteiger partial charge in [0.1, 0.15) is 11.0 Å². The summed E-state index contributed by atoms with van der Waals surface area (Å²) in [5.41, 5.74) is 0.512. The fourth-order valence-corrected chi connectivity index (χ4v) is 2.03. The molecule has 0 saturated heterocycles. The Morgan fingerprint density at radius 1 is 1.67 bits per heavy atom. The van der Waals surface area contributed by atoms with Gasteiger partial charge in [-0.3, -0.25) is 4.79 Å². The molecule has 0 aliphatic heterocycles. The number of anilines is 1. The third-order valence-corrected chi connectivity index (χ3v) is 3.38. The number of hydrogen-bond acceptors (Lipinski definition) is 3. The Hall–Kier alpha value is -1.28. The Balaban J connectivity index is 2.83. The van der Waals surface area contributed by atoms with Crippen molar-refractivity contribution in [3.05, 3.63) is 21.0 Å². The highest BCUT2D eigenvalue weighted by Gasteiger charge is 2.10. The maximum Gasteiger partial charge on any atom is 0.284 e. The molecular formula is C13H18BrN3O. The second-order valence-electron chi connectivity index (χ2n) is 4.23. The van der Waals surface area contributed by atoms with Gasteiger partial charge in [0, 0.05) is 6.04 Å². The van der Waals surface area contributed by atoms with Crippen LogP contribution in [-0.4, -0.2) is 15.8 Å². The monoisotopic (exact) mass is 311 g/mol. The molecule has 4 nitrogen and oxygen atoms in total. The van der Waals surface area contributed by atoms with Crippen LogP contribution in [0, 0.1) is 12.3 Å². The van der Waals surface area contributed by atoms with Gasteiger partial charge in [0.15, 0.2) is 0 Å². The predicted molar refractivity (Wildman–Crippen MR) is 77.6 cm³/mol. The summed E-state index contributed by atoms with van der Waals surface area (Å²) in [4.78, 5) is 11.9. The van der Waals surface area contributed by atoms with Crippen LogP contribution in [0.5, 0.6) is 0 Å². The lowest BCUT2D eigenvalue weighted by Crippen LogP contribution is -2.25. The molecule has 98 valence electrons. The molecule has 0 spiro atoms. The Kier molecular flexibility index (Phi) is 5.93. The van der Waals surface area contributed by atoms with Gasteiger partial charge >= 0.3 is 0 Å². The molecule has 1 atom stereocenters. The maximum atomic E-state index is 11.9.